The minimum absolute atomic E-state index is 0.0476. The molecule has 1 aromatic rings. The molecule has 1 fully saturated rings. The fourth-order valence-electron chi connectivity index (χ4n) is 2.30. The Hall–Kier alpha value is -1.39. The Kier molecular flexibility index (Phi) is 4.56. The van der Waals surface area contributed by atoms with Gasteiger partial charge in [0, 0.05) is 19.0 Å². The van der Waals surface area contributed by atoms with Gasteiger partial charge in [0.2, 0.25) is 5.91 Å². The average Bonchev–Trinajstić information content (AvgIpc) is 2.66. The predicted molar refractivity (Wildman–Crippen MR) is 74.0 cm³/mol. The first-order valence-corrected chi connectivity index (χ1v) is 6.78. The van der Waals surface area contributed by atoms with Crippen molar-refractivity contribution in [1.29, 1.82) is 0 Å². The molecule has 0 spiro atoms. The highest BCUT2D eigenvalue weighted by Gasteiger charge is 2.41. The van der Waals surface area contributed by atoms with E-state index in [1.54, 1.807) is 16.8 Å². The number of amides is 1. The number of rotatable bonds is 5. The number of Topliss-reactive ketones (excluding diaryl/α,β-unsaturated/α-hetero) is 1. The van der Waals surface area contributed by atoms with Crippen molar-refractivity contribution in [3.05, 3.63) is 35.9 Å². The Balaban J connectivity index is 2.06. The zero-order valence-electron chi connectivity index (χ0n) is 10.9. The number of alkyl halides is 1. The highest BCUT2D eigenvalue weighted by molar-refractivity contribution is 6.18. The average molecular weight is 281 g/mol. The van der Waals surface area contributed by atoms with Crippen molar-refractivity contribution in [2.45, 2.75) is 12.6 Å². The van der Waals surface area contributed by atoms with E-state index in [2.05, 4.69) is 0 Å². The maximum Gasteiger partial charge on any atom is 0.248 e. The molecular formula is C14H17ClN2O2. The summed E-state index contributed by atoms with van der Waals surface area (Å²) in [6.45, 7) is 1.20. The maximum atomic E-state index is 12.3. The van der Waals surface area contributed by atoms with Crippen molar-refractivity contribution in [2.75, 3.05) is 26.0 Å². The lowest BCUT2D eigenvalue weighted by Crippen LogP contribution is -2.43. The molecule has 1 amide bonds. The molecule has 0 aromatic heterocycles. The number of nitrogens with zero attached hydrogens (tertiary/aromatic N) is 2. The number of carbonyl (C=O) groups excluding carboxylic acids is 2. The summed E-state index contributed by atoms with van der Waals surface area (Å²) in [5.41, 5.74) is 1.03. The lowest BCUT2D eigenvalue weighted by molar-refractivity contribution is -0.133. The molecule has 0 radical (unpaired) electrons. The van der Waals surface area contributed by atoms with E-state index in [4.69, 9.17) is 11.6 Å². The zero-order chi connectivity index (χ0) is 13.8. The van der Waals surface area contributed by atoms with Gasteiger partial charge >= 0.3 is 0 Å². The van der Waals surface area contributed by atoms with Gasteiger partial charge in [0.05, 0.1) is 6.54 Å². The highest BCUT2D eigenvalue weighted by atomic mass is 35.5. The predicted octanol–water partition coefficient (Wildman–Crippen LogP) is 1.14. The third kappa shape index (κ3) is 3.14. The molecule has 2 rings (SSSR count). The third-order valence-corrected chi connectivity index (χ3v) is 3.46. The number of likely N-dealkylation sites (tertiary alicyclic amines) is 1. The summed E-state index contributed by atoms with van der Waals surface area (Å²) in [5, 5.41) is 0. The number of benzene rings is 1. The molecule has 4 nitrogen and oxygen atoms in total. The molecule has 102 valence electrons. The minimum atomic E-state index is -0.664. The first kappa shape index (κ1) is 14.0. The topological polar surface area (TPSA) is 40.6 Å². The van der Waals surface area contributed by atoms with Crippen molar-refractivity contribution in [3.63, 3.8) is 0 Å². The van der Waals surface area contributed by atoms with Gasteiger partial charge in [-0.3, -0.25) is 14.5 Å². The molecule has 1 aliphatic rings. The second kappa shape index (κ2) is 6.17. The van der Waals surface area contributed by atoms with Gasteiger partial charge in [-0.25, -0.2) is 0 Å². The van der Waals surface area contributed by atoms with Crippen LogP contribution in [0, 0.1) is 0 Å². The van der Waals surface area contributed by atoms with Crippen LogP contribution in [0.25, 0.3) is 0 Å². The van der Waals surface area contributed by atoms with Crippen molar-refractivity contribution >= 4 is 23.3 Å². The number of hydrogen-bond acceptors (Lipinski definition) is 3. The Bertz CT molecular complexity index is 464. The van der Waals surface area contributed by atoms with Crippen LogP contribution >= 0.6 is 11.6 Å². The van der Waals surface area contributed by atoms with Crippen LogP contribution in [0.2, 0.25) is 0 Å². The molecule has 0 bridgehead atoms. The van der Waals surface area contributed by atoms with Gasteiger partial charge < -0.3 is 4.90 Å². The lowest BCUT2D eigenvalue weighted by atomic mass is 10.2. The van der Waals surface area contributed by atoms with E-state index in [0.717, 1.165) is 5.56 Å². The van der Waals surface area contributed by atoms with Gasteiger partial charge in [-0.1, -0.05) is 30.3 Å². The molecule has 1 heterocycles. The van der Waals surface area contributed by atoms with Crippen LogP contribution in [0.3, 0.4) is 0 Å². The third-order valence-electron chi connectivity index (χ3n) is 3.29. The second-order valence-electron chi connectivity index (χ2n) is 4.72. The standard InChI is InChI=1S/C14H17ClN2O2/c1-16(8-7-15)13-12(18)10-17(14(13)19)9-11-5-3-2-4-6-11/h2-6,13H,7-10H2,1H3. The quantitative estimate of drug-likeness (QED) is 0.600. The number of carbonyl (C=O) groups is 2. The van der Waals surface area contributed by atoms with E-state index in [0.29, 0.717) is 19.0 Å². The summed E-state index contributed by atoms with van der Waals surface area (Å²) in [7, 11) is 1.76. The van der Waals surface area contributed by atoms with Gasteiger partial charge in [0.25, 0.3) is 0 Å². The van der Waals surface area contributed by atoms with Crippen molar-refractivity contribution < 1.29 is 9.59 Å². The van der Waals surface area contributed by atoms with Crippen LogP contribution in [-0.4, -0.2) is 53.5 Å². The molecule has 1 aliphatic heterocycles. The Labute approximate surface area is 117 Å². The normalized spacial score (nSPS) is 19.5. The van der Waals surface area contributed by atoms with Crippen molar-refractivity contribution in [1.82, 2.24) is 9.80 Å². The summed E-state index contributed by atoms with van der Waals surface area (Å²) in [6, 6.07) is 9.02. The summed E-state index contributed by atoms with van der Waals surface area (Å²) in [4.78, 5) is 27.5. The van der Waals surface area contributed by atoms with E-state index in [9.17, 15) is 9.59 Å². The molecule has 0 saturated carbocycles. The molecule has 1 saturated heterocycles. The van der Waals surface area contributed by atoms with E-state index in [1.807, 2.05) is 30.3 Å². The van der Waals surface area contributed by atoms with Crippen molar-refractivity contribution in [3.8, 4) is 0 Å². The summed E-state index contributed by atoms with van der Waals surface area (Å²) < 4.78 is 0. The van der Waals surface area contributed by atoms with Gasteiger partial charge in [-0.05, 0) is 12.6 Å². The molecule has 1 aromatic carbocycles. The molecule has 0 N–H and O–H groups in total. The summed E-state index contributed by atoms with van der Waals surface area (Å²) in [6.07, 6.45) is 0. The Morgan fingerprint density at radius 1 is 1.32 bits per heavy atom. The van der Waals surface area contributed by atoms with Gasteiger partial charge in [-0.2, -0.15) is 0 Å². The van der Waals surface area contributed by atoms with Crippen LogP contribution in [0.5, 0.6) is 0 Å². The molecule has 5 heteroatoms. The summed E-state index contributed by atoms with van der Waals surface area (Å²) in [5.74, 6) is 0.238. The van der Waals surface area contributed by atoms with Crippen LogP contribution in [-0.2, 0) is 16.1 Å². The van der Waals surface area contributed by atoms with Crippen LogP contribution < -0.4 is 0 Å². The molecular weight excluding hydrogens is 264 g/mol. The zero-order valence-corrected chi connectivity index (χ0v) is 11.6. The molecule has 0 aliphatic carbocycles. The largest absolute Gasteiger partial charge is 0.329 e. The first-order valence-electron chi connectivity index (χ1n) is 6.25. The number of ketones is 1. The van der Waals surface area contributed by atoms with Crippen LogP contribution in [0.4, 0.5) is 0 Å². The van der Waals surface area contributed by atoms with Gasteiger partial charge in [-0.15, -0.1) is 11.6 Å². The molecule has 1 unspecified atom stereocenters. The number of halogens is 1. The van der Waals surface area contributed by atoms with Gasteiger partial charge in [0.1, 0.15) is 0 Å². The SMILES string of the molecule is CN(CCCl)C1C(=O)CN(Cc2ccccc2)C1=O. The molecule has 1 atom stereocenters. The Morgan fingerprint density at radius 3 is 2.63 bits per heavy atom. The Morgan fingerprint density at radius 2 is 2.00 bits per heavy atom. The smallest absolute Gasteiger partial charge is 0.248 e. The first-order chi connectivity index (χ1) is 9.13. The van der Waals surface area contributed by atoms with E-state index in [-0.39, 0.29) is 18.2 Å². The lowest BCUT2D eigenvalue weighted by Gasteiger charge is -2.21. The second-order valence-corrected chi connectivity index (χ2v) is 5.10. The highest BCUT2D eigenvalue weighted by Crippen LogP contribution is 2.16. The van der Waals surface area contributed by atoms with E-state index < -0.39 is 6.04 Å². The molecule has 19 heavy (non-hydrogen) atoms. The van der Waals surface area contributed by atoms with Crippen LogP contribution in [0.15, 0.2) is 30.3 Å². The fraction of sp³-hybridized carbons (Fsp3) is 0.429. The van der Waals surface area contributed by atoms with E-state index in [1.165, 1.54) is 0 Å². The number of hydrogen-bond donors (Lipinski definition) is 0. The monoisotopic (exact) mass is 280 g/mol. The maximum absolute atomic E-state index is 12.3. The van der Waals surface area contributed by atoms with Crippen LogP contribution in [0.1, 0.15) is 5.56 Å². The van der Waals surface area contributed by atoms with E-state index >= 15 is 0 Å². The van der Waals surface area contributed by atoms with Gasteiger partial charge in [0.15, 0.2) is 11.8 Å². The van der Waals surface area contributed by atoms with Crippen molar-refractivity contribution in [2.24, 2.45) is 0 Å². The minimum Gasteiger partial charge on any atom is -0.329 e. The number of likely N-dealkylation sites (N-methyl/N-ethyl adjacent to an activating group) is 1. The summed E-state index contributed by atoms with van der Waals surface area (Å²) >= 11 is 5.66. The fourth-order valence-corrected chi connectivity index (χ4v) is 2.56.